The van der Waals surface area contributed by atoms with Gasteiger partial charge < -0.3 is 15.4 Å². The fraction of sp³-hybridized carbons (Fsp3) is 0.700. The van der Waals surface area contributed by atoms with Crippen LogP contribution in [0.4, 0.5) is 0 Å². The summed E-state index contributed by atoms with van der Waals surface area (Å²) in [4.78, 5) is 4.10. The van der Waals surface area contributed by atoms with Gasteiger partial charge in [-0.25, -0.2) is 4.98 Å². The van der Waals surface area contributed by atoms with Crippen LogP contribution in [0, 0.1) is 0 Å². The summed E-state index contributed by atoms with van der Waals surface area (Å²) in [6, 6.07) is -0.307. The normalized spacial score (nSPS) is 23.2. The summed E-state index contributed by atoms with van der Waals surface area (Å²) in [5.74, 6) is 1.26. The van der Waals surface area contributed by atoms with Gasteiger partial charge in [-0.05, 0) is 18.6 Å². The zero-order valence-corrected chi connectivity index (χ0v) is 9.49. The number of aromatic nitrogens is 2. The van der Waals surface area contributed by atoms with Crippen LogP contribution in [0.15, 0.2) is 12.5 Å². The van der Waals surface area contributed by atoms with Gasteiger partial charge in [-0.2, -0.15) is 11.8 Å². The Bertz CT molecular complexity index is 309. The maximum atomic E-state index is 9.02. The average molecular weight is 227 g/mol. The molecule has 1 aliphatic rings. The topological polar surface area (TPSA) is 64.1 Å². The van der Waals surface area contributed by atoms with Crippen LogP contribution in [-0.4, -0.2) is 32.3 Å². The predicted molar refractivity (Wildman–Crippen MR) is 61.7 cm³/mol. The monoisotopic (exact) mass is 227 g/mol. The van der Waals surface area contributed by atoms with Crippen LogP contribution in [0.5, 0.6) is 0 Å². The summed E-state index contributed by atoms with van der Waals surface area (Å²) in [6.45, 7) is 0.942. The number of hydrogen-bond donors (Lipinski definition) is 2. The third-order valence-corrected chi connectivity index (χ3v) is 4.13. The highest BCUT2D eigenvalue weighted by Crippen LogP contribution is 2.28. The molecular formula is C10H17N3OS. The Hall–Kier alpha value is -0.520. The van der Waals surface area contributed by atoms with Gasteiger partial charge in [-0.15, -0.1) is 0 Å². The first-order chi connectivity index (χ1) is 7.31. The van der Waals surface area contributed by atoms with Crippen LogP contribution in [0.3, 0.4) is 0 Å². The third-order valence-electron chi connectivity index (χ3n) is 2.75. The first-order valence-corrected chi connectivity index (χ1v) is 6.34. The van der Waals surface area contributed by atoms with Crippen molar-refractivity contribution >= 4 is 11.8 Å². The van der Waals surface area contributed by atoms with E-state index in [2.05, 4.69) is 9.55 Å². The maximum absolute atomic E-state index is 9.02. The lowest BCUT2D eigenvalue weighted by Crippen LogP contribution is -2.21. The second kappa shape index (κ2) is 5.01. The molecule has 0 spiro atoms. The van der Waals surface area contributed by atoms with Gasteiger partial charge in [0.2, 0.25) is 0 Å². The smallest absolute Gasteiger partial charge is 0.0949 e. The van der Waals surface area contributed by atoms with Gasteiger partial charge in [-0.1, -0.05) is 0 Å². The summed E-state index contributed by atoms with van der Waals surface area (Å²) >= 11 is 2.02. The quantitative estimate of drug-likeness (QED) is 0.797. The van der Waals surface area contributed by atoms with Gasteiger partial charge in [0.1, 0.15) is 0 Å². The number of imidazole rings is 1. The lowest BCUT2D eigenvalue weighted by molar-refractivity contribution is 0.263. The number of nitrogens with two attached hydrogens (primary N) is 1. The van der Waals surface area contributed by atoms with E-state index in [0.717, 1.165) is 12.2 Å². The molecule has 0 amide bonds. The first kappa shape index (κ1) is 11.0. The predicted octanol–water partition coefficient (Wildman–Crippen LogP) is 0.771. The van der Waals surface area contributed by atoms with Crippen LogP contribution < -0.4 is 5.73 Å². The third kappa shape index (κ3) is 2.53. The van der Waals surface area contributed by atoms with E-state index in [0.29, 0.717) is 5.25 Å². The van der Waals surface area contributed by atoms with E-state index in [9.17, 15) is 0 Å². The second-order valence-electron chi connectivity index (χ2n) is 3.89. The molecule has 1 fully saturated rings. The van der Waals surface area contributed by atoms with Crippen LogP contribution in [-0.2, 0) is 6.54 Å². The van der Waals surface area contributed by atoms with Crippen molar-refractivity contribution in [3.63, 3.8) is 0 Å². The SMILES string of the molecule is NC(CO)c1cncn1CC1CCCS1. The minimum atomic E-state index is -0.307. The molecule has 0 aromatic carbocycles. The van der Waals surface area contributed by atoms with Gasteiger partial charge in [0.25, 0.3) is 0 Å². The Morgan fingerprint density at radius 2 is 2.60 bits per heavy atom. The summed E-state index contributed by atoms with van der Waals surface area (Å²) in [6.07, 6.45) is 6.15. The van der Waals surface area contributed by atoms with Crippen LogP contribution >= 0.6 is 11.8 Å². The van der Waals surface area contributed by atoms with Crippen molar-refractivity contribution in [3.8, 4) is 0 Å². The molecular weight excluding hydrogens is 210 g/mol. The fourth-order valence-corrected chi connectivity index (χ4v) is 3.16. The Labute approximate surface area is 93.9 Å². The standard InChI is InChI=1S/C10H17N3OS/c11-9(6-14)10-4-12-7-13(10)5-8-2-1-3-15-8/h4,7-9,14H,1-3,5-6,11H2. The van der Waals surface area contributed by atoms with Crippen molar-refractivity contribution in [1.29, 1.82) is 0 Å². The van der Waals surface area contributed by atoms with Gasteiger partial charge in [0, 0.05) is 18.0 Å². The van der Waals surface area contributed by atoms with Gasteiger partial charge in [0.05, 0.1) is 24.7 Å². The molecule has 5 heteroatoms. The van der Waals surface area contributed by atoms with E-state index in [-0.39, 0.29) is 12.6 Å². The van der Waals surface area contributed by atoms with Crippen molar-refractivity contribution in [3.05, 3.63) is 18.2 Å². The largest absolute Gasteiger partial charge is 0.394 e. The van der Waals surface area contributed by atoms with Crippen molar-refractivity contribution < 1.29 is 5.11 Å². The second-order valence-corrected chi connectivity index (χ2v) is 5.30. The Balaban J connectivity index is 2.03. The minimum absolute atomic E-state index is 0.0243. The van der Waals surface area contributed by atoms with Crippen molar-refractivity contribution in [1.82, 2.24) is 9.55 Å². The number of rotatable bonds is 4. The van der Waals surface area contributed by atoms with E-state index in [1.165, 1.54) is 18.6 Å². The van der Waals surface area contributed by atoms with Crippen molar-refractivity contribution in [2.24, 2.45) is 5.73 Å². The molecule has 1 aromatic rings. The molecule has 2 rings (SSSR count). The molecule has 4 nitrogen and oxygen atoms in total. The van der Waals surface area contributed by atoms with Crippen molar-refractivity contribution in [2.45, 2.75) is 30.7 Å². The zero-order valence-electron chi connectivity index (χ0n) is 8.67. The fourth-order valence-electron chi connectivity index (χ4n) is 1.89. The average Bonchev–Trinajstić information content (AvgIpc) is 2.88. The van der Waals surface area contributed by atoms with E-state index in [1.807, 2.05) is 18.1 Å². The summed E-state index contributed by atoms with van der Waals surface area (Å²) in [7, 11) is 0. The highest BCUT2D eigenvalue weighted by Gasteiger charge is 2.18. The number of hydrogen-bond acceptors (Lipinski definition) is 4. The highest BCUT2D eigenvalue weighted by atomic mass is 32.2. The summed E-state index contributed by atoms with van der Waals surface area (Å²) in [5.41, 5.74) is 6.73. The van der Waals surface area contributed by atoms with Crippen molar-refractivity contribution in [2.75, 3.05) is 12.4 Å². The molecule has 1 aromatic heterocycles. The summed E-state index contributed by atoms with van der Waals surface area (Å²) < 4.78 is 2.07. The molecule has 2 atom stereocenters. The van der Waals surface area contributed by atoms with Crippen LogP contribution in [0.1, 0.15) is 24.6 Å². The molecule has 0 bridgehead atoms. The zero-order chi connectivity index (χ0) is 10.7. The van der Waals surface area contributed by atoms with E-state index in [4.69, 9.17) is 10.8 Å². The molecule has 84 valence electrons. The van der Waals surface area contributed by atoms with Crippen LogP contribution in [0.2, 0.25) is 0 Å². The number of aliphatic hydroxyl groups excluding tert-OH is 1. The highest BCUT2D eigenvalue weighted by molar-refractivity contribution is 8.00. The molecule has 3 N–H and O–H groups in total. The number of aliphatic hydroxyl groups is 1. The summed E-state index contributed by atoms with van der Waals surface area (Å²) in [5, 5.41) is 9.70. The number of nitrogens with zero attached hydrogens (tertiary/aromatic N) is 2. The molecule has 0 radical (unpaired) electrons. The van der Waals surface area contributed by atoms with Gasteiger partial charge in [-0.3, -0.25) is 0 Å². The first-order valence-electron chi connectivity index (χ1n) is 5.29. The van der Waals surface area contributed by atoms with E-state index < -0.39 is 0 Å². The molecule has 0 saturated carbocycles. The number of thioether (sulfide) groups is 1. The lowest BCUT2D eigenvalue weighted by atomic mass is 10.2. The molecule has 1 aliphatic heterocycles. The molecule has 15 heavy (non-hydrogen) atoms. The molecule has 0 aliphatic carbocycles. The Kier molecular flexibility index (Phi) is 3.66. The minimum Gasteiger partial charge on any atom is -0.394 e. The van der Waals surface area contributed by atoms with E-state index >= 15 is 0 Å². The molecule has 1 saturated heterocycles. The lowest BCUT2D eigenvalue weighted by Gasteiger charge is -2.15. The van der Waals surface area contributed by atoms with Crippen LogP contribution in [0.25, 0.3) is 0 Å². The maximum Gasteiger partial charge on any atom is 0.0949 e. The van der Waals surface area contributed by atoms with E-state index in [1.54, 1.807) is 6.20 Å². The Morgan fingerprint density at radius 1 is 1.73 bits per heavy atom. The van der Waals surface area contributed by atoms with Gasteiger partial charge in [0.15, 0.2) is 0 Å². The molecule has 2 heterocycles. The Morgan fingerprint density at radius 3 is 3.27 bits per heavy atom. The molecule has 2 unspecified atom stereocenters. The van der Waals surface area contributed by atoms with Gasteiger partial charge >= 0.3 is 0 Å².